The van der Waals surface area contributed by atoms with Crippen molar-refractivity contribution >= 4 is 19.8 Å². The van der Waals surface area contributed by atoms with Crippen molar-refractivity contribution in [3.8, 4) is 5.75 Å². The molecule has 0 aliphatic carbocycles. The molecule has 84 valence electrons. The first-order valence-electron chi connectivity index (χ1n) is 5.46. The second-order valence-corrected chi connectivity index (χ2v) is 10.4. The summed E-state index contributed by atoms with van der Waals surface area (Å²) in [4.78, 5) is 2.52. The molecule has 1 aromatic rings. The van der Waals surface area contributed by atoms with Crippen molar-refractivity contribution in [3.05, 3.63) is 29.8 Å². The van der Waals surface area contributed by atoms with Crippen LogP contribution in [0.3, 0.4) is 0 Å². The molecule has 0 aromatic heterocycles. The third kappa shape index (κ3) is 2.65. The van der Waals surface area contributed by atoms with E-state index in [1.807, 2.05) is 0 Å². The molecule has 1 aromatic carbocycles. The summed E-state index contributed by atoms with van der Waals surface area (Å²) in [5.74, 6) is 1.84. The Morgan fingerprint density at radius 2 is 1.87 bits per heavy atom. The van der Waals surface area contributed by atoms with Gasteiger partial charge in [0.25, 0.3) is 0 Å². The number of alkyl halides is 3. The van der Waals surface area contributed by atoms with Crippen LogP contribution in [0.25, 0.3) is 0 Å². The molecule has 0 unspecified atom stereocenters. The molecule has 1 fully saturated rings. The van der Waals surface area contributed by atoms with Crippen LogP contribution in [0.1, 0.15) is 24.3 Å². The molecule has 2 heteroatoms. The van der Waals surface area contributed by atoms with E-state index in [1.165, 1.54) is 27.3 Å². The van der Waals surface area contributed by atoms with Gasteiger partial charge in [-0.3, -0.25) is 0 Å². The molecule has 1 nitrogen and oxygen atoms in total. The Hall–Kier alpha value is -0.250. The summed E-state index contributed by atoms with van der Waals surface area (Å²) in [5, 5.41) is 0. The third-order valence-corrected chi connectivity index (χ3v) is 8.07. The predicted octanol–water partition coefficient (Wildman–Crippen LogP) is 3.71. The molecule has 0 radical (unpaired) electrons. The minimum atomic E-state index is -0.480. The molecular weight excluding hydrogens is 299 g/mol. The summed E-state index contributed by atoms with van der Waals surface area (Å²) in [6.45, 7) is 0. The zero-order valence-corrected chi connectivity index (χ0v) is 11.7. The number of hydrogen-bond acceptors (Lipinski definition) is 1. The zero-order chi connectivity index (χ0) is 10.7. The molecule has 15 heavy (non-hydrogen) atoms. The van der Waals surface area contributed by atoms with Gasteiger partial charge in [-0.05, 0) is 0 Å². The number of ether oxygens (including phenoxy) is 1. The van der Waals surface area contributed by atoms with Gasteiger partial charge in [0.2, 0.25) is 0 Å². The van der Waals surface area contributed by atoms with Crippen LogP contribution in [0.5, 0.6) is 5.75 Å². The summed E-state index contributed by atoms with van der Waals surface area (Å²) in [7, 11) is 1.78. The molecule has 1 saturated heterocycles. The monoisotopic (exact) mass is 318 g/mol. The van der Waals surface area contributed by atoms with E-state index in [-0.39, 0.29) is 0 Å². The fourth-order valence-corrected chi connectivity index (χ4v) is 6.36. The van der Waals surface area contributed by atoms with E-state index in [1.54, 1.807) is 7.11 Å². The van der Waals surface area contributed by atoms with Crippen molar-refractivity contribution in [1.29, 1.82) is 0 Å². The average molecular weight is 318 g/mol. The second-order valence-electron chi connectivity index (χ2n) is 4.12. The Morgan fingerprint density at radius 3 is 2.53 bits per heavy atom. The third-order valence-electron chi connectivity index (χ3n) is 3.14. The summed E-state index contributed by atoms with van der Waals surface area (Å²) >= 11 is -0.480. The van der Waals surface area contributed by atoms with E-state index in [2.05, 4.69) is 29.2 Å². The Labute approximate surface area is 99.6 Å². The van der Waals surface area contributed by atoms with Crippen molar-refractivity contribution < 1.29 is 4.74 Å². The molecule has 0 atom stereocenters. The molecule has 0 saturated carbocycles. The molecule has 1 aliphatic rings. The van der Waals surface area contributed by atoms with Crippen molar-refractivity contribution in [1.82, 2.24) is 0 Å². The quantitative estimate of drug-likeness (QED) is 0.597. The number of methoxy groups -OCH3 is 1. The van der Waals surface area contributed by atoms with Crippen LogP contribution in [0.15, 0.2) is 24.3 Å². The molecule has 0 bridgehead atoms. The zero-order valence-electron chi connectivity index (χ0n) is 9.50. The molecule has 2 rings (SSSR count). The topological polar surface area (TPSA) is 9.23 Å². The van der Waals surface area contributed by atoms with Gasteiger partial charge in [0.05, 0.1) is 0 Å². The van der Waals surface area contributed by atoms with Crippen LogP contribution in [-0.2, 0) is 0 Å². The van der Waals surface area contributed by atoms with Gasteiger partial charge in [-0.25, -0.2) is 0 Å². The van der Waals surface area contributed by atoms with Gasteiger partial charge >= 0.3 is 99.8 Å². The van der Waals surface area contributed by atoms with E-state index >= 15 is 0 Å². The fraction of sp³-hybridized carbons (Fsp3) is 0.538. The van der Waals surface area contributed by atoms with Crippen LogP contribution in [-0.4, -0.2) is 20.9 Å². The van der Waals surface area contributed by atoms with E-state index in [0.717, 1.165) is 11.7 Å². The second kappa shape index (κ2) is 5.19. The summed E-state index contributed by atoms with van der Waals surface area (Å²) < 4.78 is 8.48. The number of para-hydroxylation sites is 1. The molecular formula is C13H19IO. The van der Waals surface area contributed by atoms with Gasteiger partial charge in [0, 0.05) is 0 Å². The number of halogens is 1. The molecule has 1 aliphatic heterocycles. The maximum atomic E-state index is 5.44. The van der Waals surface area contributed by atoms with Crippen LogP contribution in [0.2, 0.25) is 0 Å². The summed E-state index contributed by atoms with van der Waals surface area (Å²) in [5.41, 5.74) is 1.43. The van der Waals surface area contributed by atoms with E-state index in [0.29, 0.717) is 0 Å². The molecule has 0 N–H and O–H groups in total. The Bertz CT molecular complexity index is 316. The summed E-state index contributed by atoms with van der Waals surface area (Å²) in [6, 6.07) is 8.52. The molecule has 0 amide bonds. The van der Waals surface area contributed by atoms with Gasteiger partial charge in [-0.2, -0.15) is 0 Å². The van der Waals surface area contributed by atoms with E-state index in [9.17, 15) is 0 Å². The van der Waals surface area contributed by atoms with Gasteiger partial charge in [-0.15, -0.1) is 0 Å². The molecule has 0 spiro atoms. The normalized spacial score (nSPS) is 20.3. The Kier molecular flexibility index (Phi) is 3.89. The standard InChI is InChI=1S/C13H19IO/c1-14-9-7-11(8-10-14)12-5-3-4-6-13(12)15-2/h3-6,11H,7-10H2,1-2H3. The van der Waals surface area contributed by atoms with E-state index in [4.69, 9.17) is 4.74 Å². The van der Waals surface area contributed by atoms with Crippen LogP contribution < -0.4 is 4.74 Å². The van der Waals surface area contributed by atoms with Crippen LogP contribution in [0.4, 0.5) is 0 Å². The van der Waals surface area contributed by atoms with Gasteiger partial charge in [0.1, 0.15) is 0 Å². The van der Waals surface area contributed by atoms with Crippen LogP contribution in [0, 0.1) is 0 Å². The number of rotatable bonds is 2. The minimum absolute atomic E-state index is 0.480. The number of benzene rings is 1. The van der Waals surface area contributed by atoms with Crippen molar-refractivity contribution in [2.45, 2.75) is 18.8 Å². The Morgan fingerprint density at radius 1 is 1.20 bits per heavy atom. The van der Waals surface area contributed by atoms with Gasteiger partial charge in [-0.1, -0.05) is 0 Å². The first-order chi connectivity index (χ1) is 7.31. The van der Waals surface area contributed by atoms with Gasteiger partial charge in [0.15, 0.2) is 0 Å². The maximum absolute atomic E-state index is 5.44. The average Bonchev–Trinajstić information content (AvgIpc) is 2.30. The van der Waals surface area contributed by atoms with Crippen molar-refractivity contribution in [3.63, 3.8) is 0 Å². The Balaban J connectivity index is 2.15. The van der Waals surface area contributed by atoms with Gasteiger partial charge < -0.3 is 0 Å². The predicted molar refractivity (Wildman–Crippen MR) is 74.6 cm³/mol. The van der Waals surface area contributed by atoms with Crippen molar-refractivity contribution in [2.75, 3.05) is 20.9 Å². The van der Waals surface area contributed by atoms with Crippen LogP contribution >= 0.6 is 19.8 Å². The molecule has 1 heterocycles. The number of hydrogen-bond donors (Lipinski definition) is 0. The first-order valence-corrected chi connectivity index (χ1v) is 10.7. The summed E-state index contributed by atoms with van der Waals surface area (Å²) in [6.07, 6.45) is 2.78. The fourth-order valence-electron chi connectivity index (χ4n) is 2.19. The van der Waals surface area contributed by atoms with Crippen molar-refractivity contribution in [2.24, 2.45) is 0 Å². The SMILES string of the molecule is COc1ccccc1C1CCI(C)CC1. The first kappa shape index (κ1) is 11.2. The van der Waals surface area contributed by atoms with E-state index < -0.39 is 19.8 Å².